The van der Waals surface area contributed by atoms with Gasteiger partial charge in [-0.15, -0.1) is 0 Å². The number of ether oxygens (including phenoxy) is 1. The quantitative estimate of drug-likeness (QED) is 0.879. The predicted molar refractivity (Wildman–Crippen MR) is 79.7 cm³/mol. The van der Waals surface area contributed by atoms with Crippen molar-refractivity contribution in [3.05, 3.63) is 65.2 Å². The highest BCUT2D eigenvalue weighted by atomic mass is 16.5. The summed E-state index contributed by atoms with van der Waals surface area (Å²) in [5, 5.41) is 3.55. The number of hydrogen-bond donors (Lipinski definition) is 1. The number of rotatable bonds is 5. The maximum absolute atomic E-state index is 5.32. The molecule has 0 bridgehead atoms. The van der Waals surface area contributed by atoms with Crippen LogP contribution in [0.1, 0.15) is 29.7 Å². The van der Waals surface area contributed by atoms with Gasteiger partial charge in [-0.2, -0.15) is 0 Å². The van der Waals surface area contributed by atoms with Gasteiger partial charge in [-0.3, -0.25) is 0 Å². The highest BCUT2D eigenvalue weighted by Crippen LogP contribution is 2.27. The summed E-state index contributed by atoms with van der Waals surface area (Å²) in [6.07, 6.45) is 0. The summed E-state index contributed by atoms with van der Waals surface area (Å²) < 4.78 is 5.32. The maximum Gasteiger partial charge on any atom is 0.119 e. The minimum atomic E-state index is 0.210. The molecule has 1 unspecified atom stereocenters. The molecule has 1 N–H and O–H groups in total. The molecule has 2 nitrogen and oxygen atoms in total. The summed E-state index contributed by atoms with van der Waals surface area (Å²) in [5.41, 5.74) is 3.85. The molecule has 0 spiro atoms. The summed E-state index contributed by atoms with van der Waals surface area (Å²) in [7, 11) is 1.70. The monoisotopic (exact) mass is 255 g/mol. The van der Waals surface area contributed by atoms with E-state index in [1.165, 1.54) is 16.7 Å². The molecule has 2 rings (SSSR count). The lowest BCUT2D eigenvalue weighted by atomic mass is 9.95. The average molecular weight is 255 g/mol. The number of benzene rings is 2. The lowest BCUT2D eigenvalue weighted by Crippen LogP contribution is -2.22. The fourth-order valence-corrected chi connectivity index (χ4v) is 2.34. The largest absolute Gasteiger partial charge is 0.497 e. The third kappa shape index (κ3) is 3.15. The van der Waals surface area contributed by atoms with Crippen LogP contribution in [0.5, 0.6) is 5.75 Å². The molecular weight excluding hydrogens is 234 g/mol. The van der Waals surface area contributed by atoms with Crippen molar-refractivity contribution in [1.82, 2.24) is 5.32 Å². The van der Waals surface area contributed by atoms with Crippen LogP contribution in [0.25, 0.3) is 0 Å². The van der Waals surface area contributed by atoms with Crippen molar-refractivity contribution in [2.45, 2.75) is 19.9 Å². The van der Waals surface area contributed by atoms with Crippen LogP contribution < -0.4 is 10.1 Å². The van der Waals surface area contributed by atoms with E-state index >= 15 is 0 Å². The second-order valence-electron chi connectivity index (χ2n) is 4.62. The van der Waals surface area contributed by atoms with E-state index in [0.29, 0.717) is 0 Å². The normalized spacial score (nSPS) is 12.2. The van der Waals surface area contributed by atoms with Gasteiger partial charge in [0.05, 0.1) is 13.2 Å². The van der Waals surface area contributed by atoms with E-state index < -0.39 is 0 Å². The molecule has 1 atom stereocenters. The molecule has 0 aliphatic heterocycles. The molecular formula is C17H21NO. The van der Waals surface area contributed by atoms with Crippen molar-refractivity contribution in [2.24, 2.45) is 0 Å². The Labute approximate surface area is 115 Å². The van der Waals surface area contributed by atoms with Crippen LogP contribution in [-0.2, 0) is 0 Å². The first kappa shape index (κ1) is 13.6. The Morgan fingerprint density at radius 3 is 2.58 bits per heavy atom. The number of methoxy groups -OCH3 is 1. The number of hydrogen-bond acceptors (Lipinski definition) is 2. The minimum Gasteiger partial charge on any atom is -0.497 e. The van der Waals surface area contributed by atoms with Gasteiger partial charge in [0.25, 0.3) is 0 Å². The summed E-state index contributed by atoms with van der Waals surface area (Å²) >= 11 is 0. The SMILES string of the molecule is CCNC(c1cccc(OC)c1)c1ccccc1C. The molecule has 0 fully saturated rings. The summed E-state index contributed by atoms with van der Waals surface area (Å²) in [6.45, 7) is 5.21. The Balaban J connectivity index is 2.42. The predicted octanol–water partition coefficient (Wildman–Crippen LogP) is 3.70. The first-order valence-electron chi connectivity index (χ1n) is 6.69. The Hall–Kier alpha value is -1.80. The van der Waals surface area contributed by atoms with Gasteiger partial charge in [0.15, 0.2) is 0 Å². The van der Waals surface area contributed by atoms with Crippen molar-refractivity contribution in [1.29, 1.82) is 0 Å². The molecule has 100 valence electrons. The van der Waals surface area contributed by atoms with Crippen molar-refractivity contribution >= 4 is 0 Å². The molecule has 0 heterocycles. The second kappa shape index (κ2) is 6.39. The smallest absolute Gasteiger partial charge is 0.119 e. The lowest BCUT2D eigenvalue weighted by Gasteiger charge is -2.21. The van der Waals surface area contributed by atoms with Gasteiger partial charge in [-0.1, -0.05) is 43.3 Å². The molecule has 0 radical (unpaired) electrons. The van der Waals surface area contributed by atoms with Crippen LogP contribution in [0.15, 0.2) is 48.5 Å². The highest BCUT2D eigenvalue weighted by molar-refractivity contribution is 5.39. The van der Waals surface area contributed by atoms with Crippen LogP contribution in [0.4, 0.5) is 0 Å². The number of nitrogens with one attached hydrogen (secondary N) is 1. The topological polar surface area (TPSA) is 21.3 Å². The van der Waals surface area contributed by atoms with Gasteiger partial charge in [0.2, 0.25) is 0 Å². The molecule has 19 heavy (non-hydrogen) atoms. The Kier molecular flexibility index (Phi) is 4.58. The summed E-state index contributed by atoms with van der Waals surface area (Å²) in [4.78, 5) is 0. The Bertz CT molecular complexity index is 536. The molecule has 0 aromatic heterocycles. The van der Waals surface area contributed by atoms with Gasteiger partial charge in [0.1, 0.15) is 5.75 Å². The first-order valence-corrected chi connectivity index (χ1v) is 6.69. The Morgan fingerprint density at radius 1 is 1.11 bits per heavy atom. The molecule has 0 saturated carbocycles. The van der Waals surface area contributed by atoms with E-state index in [-0.39, 0.29) is 6.04 Å². The van der Waals surface area contributed by atoms with Gasteiger partial charge in [-0.25, -0.2) is 0 Å². The maximum atomic E-state index is 5.32. The Morgan fingerprint density at radius 2 is 1.89 bits per heavy atom. The zero-order valence-corrected chi connectivity index (χ0v) is 11.8. The van der Waals surface area contributed by atoms with Gasteiger partial charge in [-0.05, 0) is 42.3 Å². The molecule has 0 aliphatic rings. The van der Waals surface area contributed by atoms with Crippen molar-refractivity contribution in [3.63, 3.8) is 0 Å². The molecule has 2 aromatic rings. The van der Waals surface area contributed by atoms with E-state index in [1.807, 2.05) is 12.1 Å². The van der Waals surface area contributed by atoms with Gasteiger partial charge < -0.3 is 10.1 Å². The van der Waals surface area contributed by atoms with Gasteiger partial charge in [0, 0.05) is 0 Å². The van der Waals surface area contributed by atoms with E-state index in [2.05, 4.69) is 55.6 Å². The van der Waals surface area contributed by atoms with Crippen molar-refractivity contribution < 1.29 is 4.74 Å². The van der Waals surface area contributed by atoms with Crippen molar-refractivity contribution in [2.75, 3.05) is 13.7 Å². The number of aryl methyl sites for hydroxylation is 1. The third-order valence-electron chi connectivity index (χ3n) is 3.33. The molecule has 2 heteroatoms. The average Bonchev–Trinajstić information content (AvgIpc) is 2.46. The van der Waals surface area contributed by atoms with Crippen LogP contribution in [0.2, 0.25) is 0 Å². The zero-order valence-electron chi connectivity index (χ0n) is 11.8. The summed E-state index contributed by atoms with van der Waals surface area (Å²) in [6, 6.07) is 17.0. The van der Waals surface area contributed by atoms with Crippen LogP contribution in [-0.4, -0.2) is 13.7 Å². The standard InChI is InChI=1S/C17H21NO/c1-4-18-17(16-11-6-5-8-13(16)2)14-9-7-10-15(12-14)19-3/h5-12,17-18H,4H2,1-3H3. The molecule has 2 aromatic carbocycles. The first-order chi connectivity index (χ1) is 9.26. The van der Waals surface area contributed by atoms with Crippen LogP contribution in [0, 0.1) is 6.92 Å². The van der Waals surface area contributed by atoms with E-state index in [0.717, 1.165) is 12.3 Å². The fraction of sp³-hybridized carbons (Fsp3) is 0.294. The third-order valence-corrected chi connectivity index (χ3v) is 3.33. The van der Waals surface area contributed by atoms with E-state index in [4.69, 9.17) is 4.74 Å². The zero-order chi connectivity index (χ0) is 13.7. The lowest BCUT2D eigenvalue weighted by molar-refractivity contribution is 0.413. The second-order valence-corrected chi connectivity index (χ2v) is 4.62. The van der Waals surface area contributed by atoms with Crippen molar-refractivity contribution in [3.8, 4) is 5.75 Å². The highest BCUT2D eigenvalue weighted by Gasteiger charge is 2.15. The molecule has 0 aliphatic carbocycles. The fourth-order valence-electron chi connectivity index (χ4n) is 2.34. The summed E-state index contributed by atoms with van der Waals surface area (Å²) in [5.74, 6) is 0.897. The van der Waals surface area contributed by atoms with Crippen LogP contribution in [0.3, 0.4) is 0 Å². The van der Waals surface area contributed by atoms with Gasteiger partial charge >= 0.3 is 0 Å². The molecule has 0 amide bonds. The molecule has 0 saturated heterocycles. The van der Waals surface area contributed by atoms with Crippen LogP contribution >= 0.6 is 0 Å². The van der Waals surface area contributed by atoms with E-state index in [9.17, 15) is 0 Å². The van der Waals surface area contributed by atoms with E-state index in [1.54, 1.807) is 7.11 Å². The minimum absolute atomic E-state index is 0.210.